The first-order chi connectivity index (χ1) is 19.5. The molecule has 0 rings (SSSR count). The summed E-state index contributed by atoms with van der Waals surface area (Å²) in [6.07, 6.45) is 41.3. The number of esters is 1. The van der Waals surface area contributed by atoms with Crippen molar-refractivity contribution in [2.45, 2.75) is 188 Å². The van der Waals surface area contributed by atoms with Crippen molar-refractivity contribution in [3.8, 4) is 0 Å². The second kappa shape index (κ2) is 37.4. The topological polar surface area (TPSA) is 63.6 Å². The zero-order valence-electron chi connectivity index (χ0n) is 27.1. The molecule has 0 fully saturated rings. The third kappa shape index (κ3) is 43.5. The second-order valence-electron chi connectivity index (χ2n) is 11.3. The van der Waals surface area contributed by atoms with E-state index in [0.717, 1.165) is 19.3 Å². The van der Waals surface area contributed by atoms with Gasteiger partial charge in [0.05, 0.1) is 6.61 Å². The Morgan fingerprint density at radius 1 is 0.500 bits per heavy atom. The molecule has 0 heterocycles. The van der Waals surface area contributed by atoms with Gasteiger partial charge in [0.2, 0.25) is 0 Å². The van der Waals surface area contributed by atoms with Crippen molar-refractivity contribution in [3.63, 3.8) is 0 Å². The second-order valence-corrected chi connectivity index (χ2v) is 11.3. The standard InChI is InChI=1S/2C18H34O2/c1-3-4-5-6-7-8-9-10-11-12-13-14-15-16-17-20-18(2)19;1-2-3-4-5-6-7-8-9-10-11-12-13-14-15-16-17-18(19)20/h7-8H,3-6,9-17H2,1-2H3;6-7H,2-5,8-17H2,1H3,(H,19,20)/b8-7-;7-6-. The van der Waals surface area contributed by atoms with E-state index in [1.54, 1.807) is 0 Å². The predicted molar refractivity (Wildman–Crippen MR) is 174 cm³/mol. The number of allylic oxidation sites excluding steroid dienone is 4. The van der Waals surface area contributed by atoms with Crippen LogP contribution in [0.25, 0.3) is 0 Å². The molecular weight excluding hydrogens is 496 g/mol. The lowest BCUT2D eigenvalue weighted by Crippen LogP contribution is -1.99. The first kappa shape index (κ1) is 40.6. The summed E-state index contributed by atoms with van der Waals surface area (Å²) in [5, 5.41) is 8.51. The van der Waals surface area contributed by atoms with Crippen LogP contribution < -0.4 is 0 Å². The lowest BCUT2D eigenvalue weighted by Gasteiger charge is -2.02. The molecule has 0 saturated heterocycles. The molecule has 0 bridgehead atoms. The molecule has 0 aliphatic rings. The minimum absolute atomic E-state index is 0.159. The van der Waals surface area contributed by atoms with Gasteiger partial charge in [0.1, 0.15) is 0 Å². The average molecular weight is 565 g/mol. The van der Waals surface area contributed by atoms with Crippen molar-refractivity contribution in [1.29, 1.82) is 0 Å². The molecule has 0 amide bonds. The summed E-state index contributed by atoms with van der Waals surface area (Å²) in [4.78, 5) is 20.9. The highest BCUT2D eigenvalue weighted by Gasteiger charge is 1.97. The largest absolute Gasteiger partial charge is 0.481 e. The molecule has 0 aromatic rings. The summed E-state index contributed by atoms with van der Waals surface area (Å²) in [7, 11) is 0. The summed E-state index contributed by atoms with van der Waals surface area (Å²) >= 11 is 0. The molecule has 0 radical (unpaired) electrons. The van der Waals surface area contributed by atoms with Crippen LogP contribution in [0.15, 0.2) is 24.3 Å². The lowest BCUT2D eigenvalue weighted by molar-refractivity contribution is -0.141. The van der Waals surface area contributed by atoms with E-state index in [0.29, 0.717) is 13.0 Å². The maximum absolute atomic E-state index is 10.5. The van der Waals surface area contributed by atoms with Crippen LogP contribution in [0.4, 0.5) is 0 Å². The molecule has 0 atom stereocenters. The van der Waals surface area contributed by atoms with Gasteiger partial charge < -0.3 is 9.84 Å². The molecule has 0 aromatic heterocycles. The van der Waals surface area contributed by atoms with Gasteiger partial charge in [-0.3, -0.25) is 9.59 Å². The molecule has 40 heavy (non-hydrogen) atoms. The van der Waals surface area contributed by atoms with Crippen LogP contribution >= 0.6 is 0 Å². The normalized spacial score (nSPS) is 11.2. The third-order valence-corrected chi connectivity index (χ3v) is 7.11. The molecule has 0 aliphatic carbocycles. The number of unbranched alkanes of at least 4 members (excludes halogenated alkanes) is 21. The number of carbonyl (C=O) groups is 2. The molecule has 0 aliphatic heterocycles. The minimum Gasteiger partial charge on any atom is -0.481 e. The monoisotopic (exact) mass is 565 g/mol. The Bertz CT molecular complexity index is 517. The van der Waals surface area contributed by atoms with Gasteiger partial charge in [-0.25, -0.2) is 0 Å². The van der Waals surface area contributed by atoms with E-state index in [9.17, 15) is 9.59 Å². The molecule has 4 heteroatoms. The van der Waals surface area contributed by atoms with Gasteiger partial charge in [-0.1, -0.05) is 134 Å². The molecular formula is C36H68O4. The number of aliphatic carboxylic acids is 1. The third-order valence-electron chi connectivity index (χ3n) is 7.11. The van der Waals surface area contributed by atoms with Crippen molar-refractivity contribution in [3.05, 3.63) is 24.3 Å². The smallest absolute Gasteiger partial charge is 0.303 e. The number of ether oxygens (including phenoxy) is 1. The molecule has 0 spiro atoms. The Morgan fingerprint density at radius 3 is 1.18 bits per heavy atom. The number of hydrogen-bond donors (Lipinski definition) is 1. The Morgan fingerprint density at radius 2 is 0.825 bits per heavy atom. The van der Waals surface area contributed by atoms with Gasteiger partial charge in [0.25, 0.3) is 0 Å². The van der Waals surface area contributed by atoms with Crippen LogP contribution in [0.1, 0.15) is 188 Å². The fraction of sp³-hybridized carbons (Fsp3) is 0.833. The number of carboxylic acid groups (broad SMARTS) is 1. The molecule has 4 nitrogen and oxygen atoms in total. The first-order valence-electron chi connectivity index (χ1n) is 17.2. The predicted octanol–water partition coefficient (Wildman–Crippen LogP) is 11.9. The van der Waals surface area contributed by atoms with Crippen molar-refractivity contribution in [2.75, 3.05) is 6.61 Å². The van der Waals surface area contributed by atoms with E-state index in [1.807, 2.05) is 0 Å². The van der Waals surface area contributed by atoms with Gasteiger partial charge >= 0.3 is 11.9 Å². The molecule has 0 unspecified atom stereocenters. The zero-order valence-corrected chi connectivity index (χ0v) is 27.1. The van der Waals surface area contributed by atoms with Gasteiger partial charge in [-0.05, 0) is 64.2 Å². The first-order valence-corrected chi connectivity index (χ1v) is 17.2. The van der Waals surface area contributed by atoms with Crippen molar-refractivity contribution in [1.82, 2.24) is 0 Å². The van der Waals surface area contributed by atoms with Crippen LogP contribution in [0.3, 0.4) is 0 Å². The van der Waals surface area contributed by atoms with Crippen molar-refractivity contribution < 1.29 is 19.4 Å². The highest BCUT2D eigenvalue weighted by Crippen LogP contribution is 2.12. The lowest BCUT2D eigenvalue weighted by atomic mass is 10.1. The SMILES string of the molecule is CCCCC/C=C\CCCCCCCCCCC(=O)O.CCCCC/C=C\CCCCCCCCCOC(C)=O. The zero-order chi connectivity index (χ0) is 29.8. The van der Waals surface area contributed by atoms with E-state index in [-0.39, 0.29) is 5.97 Å². The van der Waals surface area contributed by atoms with Gasteiger partial charge in [-0.2, -0.15) is 0 Å². The Hall–Kier alpha value is -1.58. The average Bonchev–Trinajstić information content (AvgIpc) is 2.93. The van der Waals surface area contributed by atoms with Gasteiger partial charge in [-0.15, -0.1) is 0 Å². The highest BCUT2D eigenvalue weighted by molar-refractivity contribution is 5.66. The van der Waals surface area contributed by atoms with E-state index in [2.05, 4.69) is 38.2 Å². The van der Waals surface area contributed by atoms with Crippen LogP contribution in [0, 0.1) is 0 Å². The highest BCUT2D eigenvalue weighted by atomic mass is 16.5. The number of rotatable bonds is 29. The molecule has 0 aromatic carbocycles. The quantitative estimate of drug-likeness (QED) is 0.0557. The Balaban J connectivity index is 0. The van der Waals surface area contributed by atoms with E-state index in [1.165, 1.54) is 148 Å². The Labute approximate surface area is 249 Å². The fourth-order valence-electron chi connectivity index (χ4n) is 4.56. The summed E-state index contributed by atoms with van der Waals surface area (Å²) in [5.74, 6) is -0.819. The van der Waals surface area contributed by atoms with Crippen molar-refractivity contribution >= 4 is 11.9 Å². The van der Waals surface area contributed by atoms with Crippen molar-refractivity contribution in [2.24, 2.45) is 0 Å². The van der Waals surface area contributed by atoms with E-state index in [4.69, 9.17) is 9.84 Å². The van der Waals surface area contributed by atoms with E-state index >= 15 is 0 Å². The molecule has 236 valence electrons. The van der Waals surface area contributed by atoms with Crippen LogP contribution in [-0.2, 0) is 14.3 Å². The van der Waals surface area contributed by atoms with Crippen LogP contribution in [0.5, 0.6) is 0 Å². The number of carboxylic acids is 1. The van der Waals surface area contributed by atoms with E-state index < -0.39 is 5.97 Å². The number of carbonyl (C=O) groups excluding carboxylic acids is 1. The fourth-order valence-corrected chi connectivity index (χ4v) is 4.56. The molecule has 0 saturated carbocycles. The van der Waals surface area contributed by atoms with Gasteiger partial charge in [0.15, 0.2) is 0 Å². The Kier molecular flexibility index (Phi) is 37.9. The summed E-state index contributed by atoms with van der Waals surface area (Å²) in [6.45, 7) is 6.56. The van der Waals surface area contributed by atoms with Gasteiger partial charge in [0, 0.05) is 13.3 Å². The molecule has 1 N–H and O–H groups in total. The summed E-state index contributed by atoms with van der Waals surface area (Å²) in [5.41, 5.74) is 0. The van der Waals surface area contributed by atoms with Crippen LogP contribution in [0.2, 0.25) is 0 Å². The maximum atomic E-state index is 10.5. The summed E-state index contributed by atoms with van der Waals surface area (Å²) in [6, 6.07) is 0. The summed E-state index contributed by atoms with van der Waals surface area (Å²) < 4.78 is 4.90. The maximum Gasteiger partial charge on any atom is 0.303 e. The van der Waals surface area contributed by atoms with Crippen LogP contribution in [-0.4, -0.2) is 23.7 Å². The number of hydrogen-bond acceptors (Lipinski definition) is 3. The minimum atomic E-state index is -0.659.